The van der Waals surface area contributed by atoms with E-state index in [-0.39, 0.29) is 30.2 Å². The molecule has 9 heteroatoms. The number of hydrogen-bond donors (Lipinski definition) is 2. The minimum Gasteiger partial charge on any atom is -0.454 e. The number of amides is 1. The van der Waals surface area contributed by atoms with E-state index >= 15 is 0 Å². The lowest BCUT2D eigenvalue weighted by Crippen LogP contribution is -2.58. The van der Waals surface area contributed by atoms with Crippen LogP contribution >= 0.6 is 11.8 Å². The van der Waals surface area contributed by atoms with Crippen molar-refractivity contribution in [1.82, 2.24) is 4.90 Å². The predicted molar refractivity (Wildman–Crippen MR) is 73.2 cm³/mol. The minimum atomic E-state index is -1.52. The number of aliphatic hydroxyl groups excluding tert-OH is 1. The van der Waals surface area contributed by atoms with Gasteiger partial charge in [-0.1, -0.05) is 11.8 Å². The number of esters is 1. The first-order chi connectivity index (χ1) is 10.4. The second kappa shape index (κ2) is 5.33. The lowest BCUT2D eigenvalue weighted by atomic mass is 10.00. The SMILES string of the molecule is CC1=CC(=O)OC1CC1=C(OC(=O)O)N2C(=O)[C@H](CO)[C@H]2S1. The number of carbonyl (C=O) groups is 3. The predicted octanol–water partition coefficient (Wildman–Crippen LogP) is 0.635. The largest absolute Gasteiger partial charge is 0.512 e. The molecule has 3 heterocycles. The fourth-order valence-electron chi connectivity index (χ4n) is 2.61. The summed E-state index contributed by atoms with van der Waals surface area (Å²) in [6, 6.07) is 0. The van der Waals surface area contributed by atoms with Crippen molar-refractivity contribution in [3.8, 4) is 0 Å². The molecule has 1 unspecified atom stereocenters. The molecule has 0 saturated carbocycles. The number of hydrogen-bond acceptors (Lipinski definition) is 7. The van der Waals surface area contributed by atoms with Crippen LogP contribution in [0.1, 0.15) is 13.3 Å². The molecule has 0 spiro atoms. The molecule has 3 atom stereocenters. The molecule has 118 valence electrons. The quantitative estimate of drug-likeness (QED) is 0.571. The van der Waals surface area contributed by atoms with Crippen LogP contribution in [-0.4, -0.2) is 51.2 Å². The van der Waals surface area contributed by atoms with Gasteiger partial charge < -0.3 is 19.7 Å². The monoisotopic (exact) mass is 327 g/mol. The first kappa shape index (κ1) is 14.9. The van der Waals surface area contributed by atoms with E-state index in [1.54, 1.807) is 6.92 Å². The van der Waals surface area contributed by atoms with E-state index in [2.05, 4.69) is 0 Å². The lowest BCUT2D eigenvalue weighted by Gasteiger charge is -2.40. The molecule has 0 aromatic rings. The summed E-state index contributed by atoms with van der Waals surface area (Å²) < 4.78 is 9.86. The Balaban J connectivity index is 1.83. The van der Waals surface area contributed by atoms with Crippen molar-refractivity contribution < 1.29 is 34.1 Å². The van der Waals surface area contributed by atoms with Crippen molar-refractivity contribution >= 4 is 29.8 Å². The molecular formula is C13H13NO7S. The molecule has 3 aliphatic rings. The maximum absolute atomic E-state index is 11.9. The number of thioether (sulfide) groups is 1. The third-order valence-electron chi connectivity index (χ3n) is 3.74. The van der Waals surface area contributed by atoms with Crippen LogP contribution in [0.25, 0.3) is 0 Å². The van der Waals surface area contributed by atoms with Gasteiger partial charge in [-0.2, -0.15) is 0 Å². The fourth-order valence-corrected chi connectivity index (χ4v) is 4.07. The molecule has 0 bridgehead atoms. The Labute approximate surface area is 129 Å². The normalized spacial score (nSPS) is 30.0. The fraction of sp³-hybridized carbons (Fsp3) is 0.462. The second-order valence-corrected chi connectivity index (χ2v) is 6.33. The number of rotatable bonds is 4. The van der Waals surface area contributed by atoms with Gasteiger partial charge in [-0.05, 0) is 12.5 Å². The van der Waals surface area contributed by atoms with Crippen LogP contribution < -0.4 is 0 Å². The van der Waals surface area contributed by atoms with Crippen molar-refractivity contribution in [2.75, 3.05) is 6.61 Å². The topological polar surface area (TPSA) is 113 Å². The number of carboxylic acid groups (broad SMARTS) is 1. The van der Waals surface area contributed by atoms with Crippen LogP contribution in [0, 0.1) is 5.92 Å². The maximum atomic E-state index is 11.9. The molecule has 8 nitrogen and oxygen atoms in total. The number of aliphatic hydroxyl groups is 1. The first-order valence-corrected chi connectivity index (χ1v) is 7.43. The molecule has 0 aliphatic carbocycles. The first-order valence-electron chi connectivity index (χ1n) is 6.55. The Morgan fingerprint density at radius 1 is 1.50 bits per heavy atom. The van der Waals surface area contributed by atoms with E-state index in [9.17, 15) is 19.5 Å². The highest BCUT2D eigenvalue weighted by Gasteiger charge is 2.55. The Bertz CT molecular complexity index is 626. The summed E-state index contributed by atoms with van der Waals surface area (Å²) in [7, 11) is 0. The van der Waals surface area contributed by atoms with Gasteiger partial charge in [0.15, 0.2) is 0 Å². The van der Waals surface area contributed by atoms with Crippen LogP contribution in [0.2, 0.25) is 0 Å². The van der Waals surface area contributed by atoms with Crippen molar-refractivity contribution in [2.45, 2.75) is 24.8 Å². The summed E-state index contributed by atoms with van der Waals surface area (Å²) in [5.74, 6) is -1.44. The molecule has 0 aromatic carbocycles. The van der Waals surface area contributed by atoms with E-state index < -0.39 is 24.1 Å². The zero-order chi connectivity index (χ0) is 16.0. The molecule has 3 aliphatic heterocycles. The highest BCUT2D eigenvalue weighted by molar-refractivity contribution is 8.04. The van der Waals surface area contributed by atoms with Gasteiger partial charge in [-0.15, -0.1) is 0 Å². The molecule has 1 fully saturated rings. The zero-order valence-corrected chi connectivity index (χ0v) is 12.3. The third kappa shape index (κ3) is 2.26. The average molecular weight is 327 g/mol. The third-order valence-corrected chi connectivity index (χ3v) is 5.14. The number of nitrogens with zero attached hydrogens (tertiary/aromatic N) is 1. The van der Waals surface area contributed by atoms with Gasteiger partial charge >= 0.3 is 12.1 Å². The smallest absolute Gasteiger partial charge is 0.454 e. The van der Waals surface area contributed by atoms with E-state index in [1.807, 2.05) is 0 Å². The van der Waals surface area contributed by atoms with Gasteiger partial charge in [0.25, 0.3) is 0 Å². The lowest BCUT2D eigenvalue weighted by molar-refractivity contribution is -0.152. The summed E-state index contributed by atoms with van der Waals surface area (Å²) in [5, 5.41) is 17.7. The number of cyclic esters (lactones) is 1. The van der Waals surface area contributed by atoms with E-state index in [0.29, 0.717) is 4.91 Å². The number of ether oxygens (including phenoxy) is 2. The Morgan fingerprint density at radius 3 is 2.77 bits per heavy atom. The Hall–Kier alpha value is -2.00. The van der Waals surface area contributed by atoms with Crippen LogP contribution in [0.15, 0.2) is 22.4 Å². The van der Waals surface area contributed by atoms with Crippen LogP contribution in [0.4, 0.5) is 4.79 Å². The molecule has 3 rings (SSSR count). The highest BCUT2D eigenvalue weighted by Crippen LogP contribution is 2.51. The van der Waals surface area contributed by atoms with Crippen molar-refractivity contribution in [1.29, 1.82) is 0 Å². The van der Waals surface area contributed by atoms with E-state index in [4.69, 9.17) is 14.6 Å². The number of β-lactam (4-membered cyclic amide) rings is 1. The standard InChI is InChI=1S/C13H13NO7S/c1-5-2-9(16)20-7(5)3-8-11(21-13(18)19)14-10(17)6(4-15)12(14)22-8/h2,6-7,12,15H,3-4H2,1H3,(H,18,19)/t6-,7?,12+/m0/s1. The van der Waals surface area contributed by atoms with E-state index in [1.165, 1.54) is 22.7 Å². The molecule has 1 saturated heterocycles. The summed E-state index contributed by atoms with van der Waals surface area (Å²) in [6.07, 6.45) is -0.410. The summed E-state index contributed by atoms with van der Waals surface area (Å²) >= 11 is 1.25. The zero-order valence-electron chi connectivity index (χ0n) is 11.5. The molecule has 0 radical (unpaired) electrons. The Morgan fingerprint density at radius 2 is 2.23 bits per heavy atom. The average Bonchev–Trinajstić information content (AvgIpc) is 2.89. The Kier molecular flexibility index (Phi) is 3.61. The van der Waals surface area contributed by atoms with Gasteiger partial charge in [0.05, 0.1) is 17.4 Å². The van der Waals surface area contributed by atoms with Crippen LogP contribution in [0.3, 0.4) is 0 Å². The molecule has 1 amide bonds. The second-order valence-electron chi connectivity index (χ2n) is 5.12. The summed E-state index contributed by atoms with van der Waals surface area (Å²) in [6.45, 7) is 1.43. The van der Waals surface area contributed by atoms with Gasteiger partial charge in [0, 0.05) is 12.5 Å². The number of carbonyl (C=O) groups excluding carboxylic acids is 2. The molecular weight excluding hydrogens is 314 g/mol. The maximum Gasteiger partial charge on any atom is 0.512 e. The summed E-state index contributed by atoms with van der Waals surface area (Å²) in [5.41, 5.74) is 0.729. The van der Waals surface area contributed by atoms with Crippen LogP contribution in [-0.2, 0) is 19.1 Å². The van der Waals surface area contributed by atoms with Gasteiger partial charge in [-0.3, -0.25) is 9.69 Å². The van der Waals surface area contributed by atoms with Crippen LogP contribution in [0.5, 0.6) is 0 Å². The summed E-state index contributed by atoms with van der Waals surface area (Å²) in [4.78, 5) is 35.7. The van der Waals surface area contributed by atoms with Crippen molar-refractivity contribution in [3.63, 3.8) is 0 Å². The minimum absolute atomic E-state index is 0.0482. The highest BCUT2D eigenvalue weighted by atomic mass is 32.2. The molecule has 22 heavy (non-hydrogen) atoms. The van der Waals surface area contributed by atoms with Gasteiger partial charge in [0.2, 0.25) is 11.8 Å². The van der Waals surface area contributed by atoms with Gasteiger partial charge in [0.1, 0.15) is 11.5 Å². The van der Waals surface area contributed by atoms with Crippen molar-refractivity contribution in [2.24, 2.45) is 5.92 Å². The molecule has 0 aromatic heterocycles. The van der Waals surface area contributed by atoms with Crippen molar-refractivity contribution in [3.05, 3.63) is 22.4 Å². The van der Waals surface area contributed by atoms with Gasteiger partial charge in [-0.25, -0.2) is 9.59 Å². The molecule has 2 N–H and O–H groups in total. The van der Waals surface area contributed by atoms with E-state index in [0.717, 1.165) is 5.57 Å². The number of fused-ring (bicyclic) bond motifs is 1.